The lowest BCUT2D eigenvalue weighted by Gasteiger charge is -2.02. The van der Waals surface area contributed by atoms with Crippen LogP contribution in [0.2, 0.25) is 0 Å². The summed E-state index contributed by atoms with van der Waals surface area (Å²) in [5.41, 5.74) is -1.14. The van der Waals surface area contributed by atoms with Crippen molar-refractivity contribution in [3.05, 3.63) is 34.9 Å². The van der Waals surface area contributed by atoms with Gasteiger partial charge in [-0.1, -0.05) is 0 Å². The molecule has 0 fully saturated rings. The first-order valence-electron chi connectivity index (χ1n) is 3.93. The Morgan fingerprint density at radius 3 is 1.56 bits per heavy atom. The molecule has 1 rings (SSSR count). The quantitative estimate of drug-likeness (QED) is 0.512. The Morgan fingerprint density at radius 2 is 1.25 bits per heavy atom. The molecule has 7 heteroatoms. The first-order chi connectivity index (χ1) is 7.45. The van der Waals surface area contributed by atoms with E-state index in [-0.39, 0.29) is 16.7 Å². The minimum absolute atomic E-state index is 0.361. The second-order valence-electron chi connectivity index (χ2n) is 2.79. The van der Waals surface area contributed by atoms with Crippen LogP contribution >= 0.6 is 0 Å². The molecule has 0 unspecified atom stereocenters. The molecule has 0 aliphatic carbocycles. The zero-order valence-corrected chi connectivity index (χ0v) is 7.71. The van der Waals surface area contributed by atoms with Crippen molar-refractivity contribution in [2.45, 2.75) is 0 Å². The molecule has 0 heterocycles. The highest BCUT2D eigenvalue weighted by Gasteiger charge is 2.16. The Bertz CT molecular complexity index is 431. The summed E-state index contributed by atoms with van der Waals surface area (Å²) < 4.78 is 0. The van der Waals surface area contributed by atoms with Crippen LogP contribution in [0.15, 0.2) is 18.2 Å². The molecule has 0 atom stereocenters. The third-order valence-corrected chi connectivity index (χ3v) is 1.75. The minimum atomic E-state index is -1.39. The van der Waals surface area contributed by atoms with E-state index in [2.05, 4.69) is 4.89 Å². The molecule has 0 aromatic heterocycles. The van der Waals surface area contributed by atoms with E-state index in [4.69, 9.17) is 15.5 Å². The van der Waals surface area contributed by atoms with Crippen molar-refractivity contribution in [1.82, 2.24) is 0 Å². The van der Waals surface area contributed by atoms with Gasteiger partial charge in [0.05, 0.1) is 16.7 Å². The van der Waals surface area contributed by atoms with Crippen LogP contribution in [-0.2, 0) is 4.89 Å². The average Bonchev–Trinajstić information content (AvgIpc) is 2.27. The summed E-state index contributed by atoms with van der Waals surface area (Å²) in [5, 5.41) is 25.4. The maximum absolute atomic E-state index is 10.9. The Hall–Kier alpha value is -2.41. The smallest absolute Gasteiger partial charge is 0.372 e. The van der Waals surface area contributed by atoms with Crippen LogP contribution in [0.1, 0.15) is 31.1 Å². The lowest BCUT2D eigenvalue weighted by atomic mass is 10.1. The largest absolute Gasteiger partial charge is 0.478 e. The molecule has 3 N–H and O–H groups in total. The highest BCUT2D eigenvalue weighted by atomic mass is 17.1. The standard InChI is InChI=1S/C9H6O7/c10-7(11)4-1-5(8(12)13)3-6(2-4)9(14)16-15/h1-3,15H,(H,10,11)(H,12,13). The summed E-state index contributed by atoms with van der Waals surface area (Å²) in [6, 6.07) is 2.68. The first kappa shape index (κ1) is 11.7. The molecule has 16 heavy (non-hydrogen) atoms. The summed E-state index contributed by atoms with van der Waals surface area (Å²) in [7, 11) is 0. The van der Waals surface area contributed by atoms with Gasteiger partial charge >= 0.3 is 17.9 Å². The maximum atomic E-state index is 10.9. The molecule has 0 aliphatic heterocycles. The molecule has 0 saturated carbocycles. The Labute approximate surface area is 88.4 Å². The fourth-order valence-electron chi connectivity index (χ4n) is 1.05. The molecular weight excluding hydrogens is 220 g/mol. The zero-order valence-electron chi connectivity index (χ0n) is 7.71. The fraction of sp³-hybridized carbons (Fsp3) is 0. The number of rotatable bonds is 3. The minimum Gasteiger partial charge on any atom is -0.478 e. The number of aromatic carboxylic acids is 2. The third-order valence-electron chi connectivity index (χ3n) is 1.75. The number of carboxylic acid groups (broad SMARTS) is 2. The number of carboxylic acids is 2. The number of hydrogen-bond donors (Lipinski definition) is 3. The van der Waals surface area contributed by atoms with Gasteiger partial charge in [0.15, 0.2) is 0 Å². The summed E-state index contributed by atoms with van der Waals surface area (Å²) in [5.74, 6) is -4.02. The summed E-state index contributed by atoms with van der Waals surface area (Å²) in [4.78, 5) is 35.5. The number of carbonyl (C=O) groups is 3. The van der Waals surface area contributed by atoms with Gasteiger partial charge in [-0.2, -0.15) is 5.26 Å². The van der Waals surface area contributed by atoms with Gasteiger partial charge in [-0.3, -0.25) is 4.89 Å². The summed E-state index contributed by atoms with van der Waals surface area (Å²) >= 11 is 0. The molecule has 0 amide bonds. The molecule has 84 valence electrons. The number of hydrogen-bond acceptors (Lipinski definition) is 5. The van der Waals surface area contributed by atoms with Crippen molar-refractivity contribution in [1.29, 1.82) is 0 Å². The molecule has 0 radical (unpaired) electrons. The van der Waals surface area contributed by atoms with Gasteiger partial charge in [0.25, 0.3) is 0 Å². The molecule has 1 aromatic rings. The number of benzene rings is 1. The number of carbonyl (C=O) groups excluding carboxylic acids is 1. The Kier molecular flexibility index (Phi) is 3.21. The van der Waals surface area contributed by atoms with E-state index >= 15 is 0 Å². The van der Waals surface area contributed by atoms with E-state index in [1.807, 2.05) is 0 Å². The van der Waals surface area contributed by atoms with Crippen LogP contribution in [0, 0.1) is 0 Å². The van der Waals surface area contributed by atoms with E-state index in [1.165, 1.54) is 0 Å². The molecule has 0 saturated heterocycles. The van der Waals surface area contributed by atoms with Crippen molar-refractivity contribution in [3.63, 3.8) is 0 Å². The van der Waals surface area contributed by atoms with Crippen LogP contribution < -0.4 is 0 Å². The van der Waals surface area contributed by atoms with E-state index in [9.17, 15) is 14.4 Å². The van der Waals surface area contributed by atoms with Crippen molar-refractivity contribution in [2.75, 3.05) is 0 Å². The van der Waals surface area contributed by atoms with Crippen LogP contribution in [0.3, 0.4) is 0 Å². The Morgan fingerprint density at radius 1 is 0.875 bits per heavy atom. The van der Waals surface area contributed by atoms with Crippen molar-refractivity contribution in [3.8, 4) is 0 Å². The Balaban J connectivity index is 3.35. The van der Waals surface area contributed by atoms with Crippen molar-refractivity contribution < 1.29 is 34.7 Å². The van der Waals surface area contributed by atoms with Crippen LogP contribution in [0.5, 0.6) is 0 Å². The van der Waals surface area contributed by atoms with Gasteiger partial charge < -0.3 is 10.2 Å². The van der Waals surface area contributed by atoms with Crippen LogP contribution in [0.4, 0.5) is 0 Å². The van der Waals surface area contributed by atoms with Crippen molar-refractivity contribution >= 4 is 17.9 Å². The SMILES string of the molecule is O=C(O)c1cc(C(=O)O)cc(C(=O)OO)c1. The predicted octanol–water partition coefficient (Wildman–Crippen LogP) is 0.713. The van der Waals surface area contributed by atoms with Gasteiger partial charge in [0.2, 0.25) is 0 Å². The second kappa shape index (κ2) is 4.41. The lowest BCUT2D eigenvalue weighted by Crippen LogP contribution is -2.08. The van der Waals surface area contributed by atoms with E-state index in [1.54, 1.807) is 0 Å². The van der Waals surface area contributed by atoms with E-state index in [0.717, 1.165) is 18.2 Å². The van der Waals surface area contributed by atoms with Gasteiger partial charge in [-0.05, 0) is 18.2 Å². The second-order valence-corrected chi connectivity index (χ2v) is 2.79. The first-order valence-corrected chi connectivity index (χ1v) is 3.93. The zero-order chi connectivity index (χ0) is 12.3. The summed E-state index contributed by atoms with van der Waals surface area (Å²) in [6.45, 7) is 0. The highest BCUT2D eigenvalue weighted by Crippen LogP contribution is 2.12. The van der Waals surface area contributed by atoms with Gasteiger partial charge in [0.1, 0.15) is 0 Å². The van der Waals surface area contributed by atoms with Crippen molar-refractivity contribution in [2.24, 2.45) is 0 Å². The van der Waals surface area contributed by atoms with Crippen LogP contribution in [-0.4, -0.2) is 33.4 Å². The molecule has 1 aromatic carbocycles. The molecule has 7 nitrogen and oxygen atoms in total. The van der Waals surface area contributed by atoms with E-state index in [0.29, 0.717) is 0 Å². The molecule has 0 aliphatic rings. The van der Waals surface area contributed by atoms with Gasteiger partial charge in [-0.25, -0.2) is 14.4 Å². The normalized spacial score (nSPS) is 9.56. The topological polar surface area (TPSA) is 121 Å². The average molecular weight is 226 g/mol. The van der Waals surface area contributed by atoms with Gasteiger partial charge in [-0.15, -0.1) is 0 Å². The predicted molar refractivity (Wildman–Crippen MR) is 48.4 cm³/mol. The van der Waals surface area contributed by atoms with Gasteiger partial charge in [0, 0.05) is 0 Å². The molecule has 0 bridgehead atoms. The molecular formula is C9H6O7. The highest BCUT2D eigenvalue weighted by molar-refractivity contribution is 5.99. The monoisotopic (exact) mass is 226 g/mol. The third kappa shape index (κ3) is 2.34. The fourth-order valence-corrected chi connectivity index (χ4v) is 1.05. The summed E-state index contributed by atoms with van der Waals surface area (Å²) in [6.07, 6.45) is 0. The lowest BCUT2D eigenvalue weighted by molar-refractivity contribution is -0.182. The maximum Gasteiger partial charge on any atom is 0.372 e. The van der Waals surface area contributed by atoms with E-state index < -0.39 is 17.9 Å². The molecule has 0 spiro atoms. The van der Waals surface area contributed by atoms with Crippen LogP contribution in [0.25, 0.3) is 0 Å².